The van der Waals surface area contributed by atoms with E-state index in [-0.39, 0.29) is 23.9 Å². The predicted octanol–water partition coefficient (Wildman–Crippen LogP) is 5.65. The van der Waals surface area contributed by atoms with Gasteiger partial charge in [0.15, 0.2) is 11.5 Å². The summed E-state index contributed by atoms with van der Waals surface area (Å²) in [7, 11) is 0. The van der Waals surface area contributed by atoms with Gasteiger partial charge in [-0.1, -0.05) is 37.2 Å². The second kappa shape index (κ2) is 8.96. The number of hydrogen-bond donors (Lipinski definition) is 0. The Hall–Kier alpha value is -3.09. The normalized spacial score (nSPS) is 15.0. The SMILES string of the molecule is CC(C)CC(=O)N1CCC(c2nc3cc(-c4ccc(CN=O)c(F)c4)ccc3o2)CC1. The van der Waals surface area contributed by atoms with Crippen LogP contribution in [0, 0.1) is 16.6 Å². The molecule has 1 fully saturated rings. The highest BCUT2D eigenvalue weighted by Gasteiger charge is 2.27. The highest BCUT2D eigenvalue weighted by Crippen LogP contribution is 2.32. The van der Waals surface area contributed by atoms with Crippen LogP contribution in [0.25, 0.3) is 22.2 Å². The summed E-state index contributed by atoms with van der Waals surface area (Å²) in [4.78, 5) is 29.3. The van der Waals surface area contributed by atoms with Crippen molar-refractivity contribution < 1.29 is 13.6 Å². The van der Waals surface area contributed by atoms with Crippen molar-refractivity contribution in [1.29, 1.82) is 0 Å². The second-order valence-corrected chi connectivity index (χ2v) is 8.58. The summed E-state index contributed by atoms with van der Waals surface area (Å²) in [5.74, 6) is 1.02. The number of nitrogens with zero attached hydrogens (tertiary/aromatic N) is 3. The first-order valence-corrected chi connectivity index (χ1v) is 10.7. The molecule has 0 N–H and O–H groups in total. The molecule has 3 aromatic rings. The van der Waals surface area contributed by atoms with Crippen LogP contribution in [-0.2, 0) is 11.3 Å². The third-order valence-electron chi connectivity index (χ3n) is 5.81. The molecule has 0 aliphatic carbocycles. The number of aromatic nitrogens is 1. The summed E-state index contributed by atoms with van der Waals surface area (Å²) in [5.41, 5.74) is 3.23. The summed E-state index contributed by atoms with van der Waals surface area (Å²) >= 11 is 0. The molecule has 1 aliphatic heterocycles. The molecule has 31 heavy (non-hydrogen) atoms. The lowest BCUT2D eigenvalue weighted by atomic mass is 9.96. The van der Waals surface area contributed by atoms with Gasteiger partial charge >= 0.3 is 0 Å². The largest absolute Gasteiger partial charge is 0.440 e. The van der Waals surface area contributed by atoms with E-state index in [1.807, 2.05) is 23.1 Å². The number of likely N-dealkylation sites (tertiary alicyclic amines) is 1. The summed E-state index contributed by atoms with van der Waals surface area (Å²) < 4.78 is 20.2. The minimum atomic E-state index is -0.447. The van der Waals surface area contributed by atoms with Gasteiger partial charge < -0.3 is 9.32 Å². The van der Waals surface area contributed by atoms with E-state index in [9.17, 15) is 14.1 Å². The van der Waals surface area contributed by atoms with Crippen LogP contribution in [-0.4, -0.2) is 28.9 Å². The maximum absolute atomic E-state index is 14.2. The highest BCUT2D eigenvalue weighted by atomic mass is 19.1. The number of piperidine rings is 1. The van der Waals surface area contributed by atoms with Crippen LogP contribution < -0.4 is 0 Å². The monoisotopic (exact) mass is 423 g/mol. The molecule has 6 nitrogen and oxygen atoms in total. The zero-order valence-corrected chi connectivity index (χ0v) is 17.8. The van der Waals surface area contributed by atoms with E-state index in [2.05, 4.69) is 19.0 Å². The van der Waals surface area contributed by atoms with Gasteiger partial charge in [0.2, 0.25) is 5.91 Å². The molecular weight excluding hydrogens is 397 g/mol. The van der Waals surface area contributed by atoms with Gasteiger partial charge in [0, 0.05) is 31.0 Å². The molecule has 4 rings (SSSR count). The third kappa shape index (κ3) is 4.65. The molecule has 1 amide bonds. The Morgan fingerprint density at radius 2 is 1.90 bits per heavy atom. The van der Waals surface area contributed by atoms with Crippen molar-refractivity contribution in [3.8, 4) is 11.1 Å². The lowest BCUT2D eigenvalue weighted by Crippen LogP contribution is -2.38. The fraction of sp³-hybridized carbons (Fsp3) is 0.417. The molecule has 7 heteroatoms. The van der Waals surface area contributed by atoms with Crippen molar-refractivity contribution in [2.75, 3.05) is 13.1 Å². The minimum absolute atomic E-state index is 0.181. The maximum atomic E-state index is 14.2. The smallest absolute Gasteiger partial charge is 0.222 e. The molecule has 1 aromatic heterocycles. The molecule has 2 heterocycles. The van der Waals surface area contributed by atoms with Crippen molar-refractivity contribution in [3.63, 3.8) is 0 Å². The lowest BCUT2D eigenvalue weighted by molar-refractivity contribution is -0.133. The van der Waals surface area contributed by atoms with Gasteiger partial charge in [-0.15, -0.1) is 0 Å². The fourth-order valence-corrected chi connectivity index (χ4v) is 4.08. The number of benzene rings is 2. The Bertz CT molecular complexity index is 1100. The molecule has 162 valence electrons. The first-order valence-electron chi connectivity index (χ1n) is 10.7. The van der Waals surface area contributed by atoms with Crippen LogP contribution in [0.4, 0.5) is 4.39 Å². The Labute approximate surface area is 180 Å². The van der Waals surface area contributed by atoms with Crippen LogP contribution in [0.2, 0.25) is 0 Å². The Morgan fingerprint density at radius 3 is 2.58 bits per heavy atom. The van der Waals surface area contributed by atoms with Crippen LogP contribution in [0.1, 0.15) is 50.5 Å². The number of nitroso groups, excluding NO2 is 1. The number of carbonyl (C=O) groups excluding carboxylic acids is 1. The molecule has 1 aliphatic rings. The molecule has 0 spiro atoms. The Kier molecular flexibility index (Phi) is 6.11. The first-order chi connectivity index (χ1) is 14.9. The summed E-state index contributed by atoms with van der Waals surface area (Å²) in [6, 6.07) is 10.4. The Morgan fingerprint density at radius 1 is 1.19 bits per heavy atom. The van der Waals surface area contributed by atoms with E-state index in [1.54, 1.807) is 12.1 Å². The zero-order chi connectivity index (χ0) is 22.0. The number of amides is 1. The number of rotatable bonds is 6. The number of fused-ring (bicyclic) bond motifs is 1. The average Bonchev–Trinajstić information content (AvgIpc) is 3.18. The molecule has 2 aromatic carbocycles. The lowest BCUT2D eigenvalue weighted by Gasteiger charge is -2.31. The minimum Gasteiger partial charge on any atom is -0.440 e. The molecule has 0 bridgehead atoms. The number of halogens is 1. The number of carbonyl (C=O) groups is 1. The average molecular weight is 423 g/mol. The van der Waals surface area contributed by atoms with Crippen molar-refractivity contribution in [3.05, 3.63) is 58.6 Å². The van der Waals surface area contributed by atoms with Gasteiger partial charge in [0.25, 0.3) is 0 Å². The third-order valence-corrected chi connectivity index (χ3v) is 5.81. The van der Waals surface area contributed by atoms with E-state index in [4.69, 9.17) is 9.40 Å². The van der Waals surface area contributed by atoms with Gasteiger partial charge in [-0.05, 0) is 48.1 Å². The topological polar surface area (TPSA) is 75.8 Å². The fourth-order valence-electron chi connectivity index (χ4n) is 4.08. The van der Waals surface area contributed by atoms with E-state index in [0.29, 0.717) is 29.4 Å². The van der Waals surface area contributed by atoms with Gasteiger partial charge in [0.1, 0.15) is 17.9 Å². The van der Waals surface area contributed by atoms with Crippen molar-refractivity contribution in [2.24, 2.45) is 11.1 Å². The standard InChI is InChI=1S/C24H26FN3O3/c1-15(2)11-23(29)28-9-7-16(8-10-28)24-27-21-13-18(5-6-22(21)31-24)17-3-4-19(14-26-30)20(25)12-17/h3-6,12-13,15-16H,7-11,14H2,1-2H3. The van der Waals surface area contributed by atoms with E-state index in [1.165, 1.54) is 6.07 Å². The number of oxazole rings is 1. The molecule has 0 unspecified atom stereocenters. The van der Waals surface area contributed by atoms with Crippen molar-refractivity contribution in [2.45, 2.75) is 45.6 Å². The van der Waals surface area contributed by atoms with Gasteiger partial charge in [-0.25, -0.2) is 9.37 Å². The quantitative estimate of drug-likeness (QED) is 0.480. The van der Waals surface area contributed by atoms with Gasteiger partial charge in [-0.3, -0.25) is 4.79 Å². The van der Waals surface area contributed by atoms with E-state index >= 15 is 0 Å². The van der Waals surface area contributed by atoms with Gasteiger partial charge in [0.05, 0.1) is 0 Å². The summed E-state index contributed by atoms with van der Waals surface area (Å²) in [6.07, 6.45) is 2.26. The number of hydrogen-bond acceptors (Lipinski definition) is 5. The highest BCUT2D eigenvalue weighted by molar-refractivity contribution is 5.80. The molecule has 1 saturated heterocycles. The van der Waals surface area contributed by atoms with Crippen LogP contribution >= 0.6 is 0 Å². The van der Waals surface area contributed by atoms with Gasteiger partial charge in [-0.2, -0.15) is 4.91 Å². The van der Waals surface area contributed by atoms with Crippen LogP contribution in [0.5, 0.6) is 0 Å². The molecule has 0 atom stereocenters. The maximum Gasteiger partial charge on any atom is 0.222 e. The van der Waals surface area contributed by atoms with E-state index in [0.717, 1.165) is 37.0 Å². The summed E-state index contributed by atoms with van der Waals surface area (Å²) in [6.45, 7) is 5.38. The second-order valence-electron chi connectivity index (χ2n) is 8.58. The van der Waals surface area contributed by atoms with Crippen LogP contribution in [0.15, 0.2) is 46.0 Å². The molecule has 0 saturated carbocycles. The van der Waals surface area contributed by atoms with Crippen LogP contribution in [0.3, 0.4) is 0 Å². The molecular formula is C24H26FN3O3. The van der Waals surface area contributed by atoms with Crippen molar-refractivity contribution >= 4 is 17.0 Å². The van der Waals surface area contributed by atoms with E-state index < -0.39 is 5.82 Å². The van der Waals surface area contributed by atoms with Crippen molar-refractivity contribution in [1.82, 2.24) is 9.88 Å². The predicted molar refractivity (Wildman–Crippen MR) is 117 cm³/mol. The zero-order valence-electron chi connectivity index (χ0n) is 17.8. The Balaban J connectivity index is 1.49. The summed E-state index contributed by atoms with van der Waals surface area (Å²) in [5, 5.41) is 2.75. The first kappa shape index (κ1) is 21.2. The molecule has 0 radical (unpaired) electrons.